The van der Waals surface area contributed by atoms with Gasteiger partial charge in [-0.25, -0.2) is 14.4 Å². The second-order valence-electron chi connectivity index (χ2n) is 4.49. The van der Waals surface area contributed by atoms with Gasteiger partial charge in [-0.2, -0.15) is 0 Å². The number of aromatic nitrogens is 2. The Hall–Kier alpha value is -2.27. The molecule has 3 aromatic rings. The monoisotopic (exact) mass is 343 g/mol. The molecule has 1 aromatic heterocycles. The summed E-state index contributed by atoms with van der Waals surface area (Å²) in [4.78, 5) is 8.64. The van der Waals surface area contributed by atoms with Gasteiger partial charge in [0, 0.05) is 21.7 Å². The Kier molecular flexibility index (Phi) is 3.66. The first-order valence-electron chi connectivity index (χ1n) is 6.29. The first kappa shape index (κ1) is 13.7. The largest absolute Gasteiger partial charge is 0.384 e. The maximum absolute atomic E-state index is 14.0. The Morgan fingerprint density at radius 3 is 2.48 bits per heavy atom. The van der Waals surface area contributed by atoms with Crippen LogP contribution in [0.2, 0.25) is 0 Å². The number of halogens is 2. The summed E-state index contributed by atoms with van der Waals surface area (Å²) in [6.07, 6.45) is 0. The fraction of sp³-hybridized carbons (Fsp3) is 0. The van der Waals surface area contributed by atoms with Gasteiger partial charge in [0.05, 0.1) is 5.69 Å². The highest BCUT2D eigenvalue weighted by Crippen LogP contribution is 2.27. The van der Waals surface area contributed by atoms with E-state index in [1.807, 2.05) is 30.3 Å². The molecule has 3 rings (SSSR count). The number of hydrogen-bond donors (Lipinski definition) is 1. The van der Waals surface area contributed by atoms with Crippen LogP contribution in [0.25, 0.3) is 22.6 Å². The van der Waals surface area contributed by atoms with Gasteiger partial charge < -0.3 is 5.73 Å². The van der Waals surface area contributed by atoms with Crippen molar-refractivity contribution in [1.29, 1.82) is 0 Å². The van der Waals surface area contributed by atoms with Crippen molar-refractivity contribution in [3.63, 3.8) is 0 Å². The van der Waals surface area contributed by atoms with Crippen LogP contribution in [0, 0.1) is 5.82 Å². The van der Waals surface area contributed by atoms with Gasteiger partial charge in [0.2, 0.25) is 0 Å². The fourth-order valence-corrected chi connectivity index (χ4v) is 2.38. The molecule has 0 spiro atoms. The lowest BCUT2D eigenvalue weighted by molar-refractivity contribution is 0.630. The van der Waals surface area contributed by atoms with Crippen LogP contribution < -0.4 is 5.73 Å². The fourth-order valence-electron chi connectivity index (χ4n) is 2.01. The number of nitrogens with two attached hydrogens (primary N) is 1. The van der Waals surface area contributed by atoms with Gasteiger partial charge in [0.1, 0.15) is 11.6 Å². The third-order valence-electron chi connectivity index (χ3n) is 2.98. The average molecular weight is 344 g/mol. The van der Waals surface area contributed by atoms with E-state index >= 15 is 0 Å². The Morgan fingerprint density at radius 2 is 1.71 bits per heavy atom. The highest BCUT2D eigenvalue weighted by Gasteiger charge is 2.11. The minimum Gasteiger partial charge on any atom is -0.384 e. The highest BCUT2D eigenvalue weighted by atomic mass is 79.9. The molecule has 0 unspecified atom stereocenters. The molecule has 0 atom stereocenters. The lowest BCUT2D eigenvalue weighted by Gasteiger charge is -2.07. The van der Waals surface area contributed by atoms with Gasteiger partial charge in [-0.15, -0.1) is 0 Å². The standard InChI is InChI=1S/C16H11BrFN3/c17-11-6-7-13(18)12(8-11)14-9-15(19)21-16(20-14)10-4-2-1-3-5-10/h1-9H,(H2,19,20,21). The summed E-state index contributed by atoms with van der Waals surface area (Å²) in [5, 5.41) is 0. The Labute approximate surface area is 129 Å². The lowest BCUT2D eigenvalue weighted by Crippen LogP contribution is -1.99. The Morgan fingerprint density at radius 1 is 0.952 bits per heavy atom. The van der Waals surface area contributed by atoms with Crippen LogP contribution in [0.1, 0.15) is 0 Å². The number of nitrogen functional groups attached to an aromatic ring is 1. The molecule has 0 bridgehead atoms. The maximum Gasteiger partial charge on any atom is 0.162 e. The van der Waals surface area contributed by atoms with Crippen LogP contribution in [-0.2, 0) is 0 Å². The summed E-state index contributed by atoms with van der Waals surface area (Å²) in [5.74, 6) is 0.429. The molecule has 0 radical (unpaired) electrons. The predicted molar refractivity (Wildman–Crippen MR) is 85.0 cm³/mol. The van der Waals surface area contributed by atoms with Gasteiger partial charge in [-0.3, -0.25) is 0 Å². The van der Waals surface area contributed by atoms with Crippen molar-refractivity contribution in [2.45, 2.75) is 0 Å². The zero-order valence-corrected chi connectivity index (χ0v) is 12.5. The molecule has 0 aliphatic carbocycles. The summed E-state index contributed by atoms with van der Waals surface area (Å²) in [5.41, 5.74) is 7.51. The van der Waals surface area contributed by atoms with Gasteiger partial charge >= 0.3 is 0 Å². The average Bonchev–Trinajstić information content (AvgIpc) is 2.50. The molecule has 1 heterocycles. The van der Waals surface area contributed by atoms with Gasteiger partial charge in [0.25, 0.3) is 0 Å². The van der Waals surface area contributed by atoms with E-state index in [-0.39, 0.29) is 5.82 Å². The third kappa shape index (κ3) is 2.92. The van der Waals surface area contributed by atoms with E-state index in [0.717, 1.165) is 10.0 Å². The second-order valence-corrected chi connectivity index (χ2v) is 5.41. The lowest BCUT2D eigenvalue weighted by atomic mass is 10.1. The topological polar surface area (TPSA) is 51.8 Å². The maximum atomic E-state index is 14.0. The molecule has 21 heavy (non-hydrogen) atoms. The number of nitrogens with zero attached hydrogens (tertiary/aromatic N) is 2. The molecular formula is C16H11BrFN3. The minimum atomic E-state index is -0.352. The van der Waals surface area contributed by atoms with Crippen molar-refractivity contribution in [1.82, 2.24) is 9.97 Å². The Bertz CT molecular complexity index is 791. The zero-order valence-electron chi connectivity index (χ0n) is 10.9. The van der Waals surface area contributed by atoms with Crippen LogP contribution in [0.3, 0.4) is 0 Å². The van der Waals surface area contributed by atoms with Crippen molar-refractivity contribution < 1.29 is 4.39 Å². The van der Waals surface area contributed by atoms with E-state index in [1.165, 1.54) is 6.07 Å². The Balaban J connectivity index is 2.16. The number of benzene rings is 2. The second kappa shape index (κ2) is 5.61. The molecule has 104 valence electrons. The van der Waals surface area contributed by atoms with E-state index in [4.69, 9.17) is 5.73 Å². The summed E-state index contributed by atoms with van der Waals surface area (Å²) < 4.78 is 14.8. The molecule has 5 heteroatoms. The first-order chi connectivity index (χ1) is 10.1. The van der Waals surface area contributed by atoms with E-state index in [0.29, 0.717) is 22.9 Å². The van der Waals surface area contributed by atoms with Crippen molar-refractivity contribution in [2.24, 2.45) is 0 Å². The SMILES string of the molecule is Nc1cc(-c2cc(Br)ccc2F)nc(-c2ccccc2)n1. The summed E-state index contributed by atoms with van der Waals surface area (Å²) in [6, 6.07) is 15.7. The van der Waals surface area contributed by atoms with Crippen LogP contribution in [0.4, 0.5) is 10.2 Å². The molecular weight excluding hydrogens is 333 g/mol. The number of anilines is 1. The minimum absolute atomic E-state index is 0.304. The van der Waals surface area contributed by atoms with Crippen molar-refractivity contribution in [2.75, 3.05) is 5.73 Å². The van der Waals surface area contributed by atoms with Crippen molar-refractivity contribution >= 4 is 21.7 Å². The summed E-state index contributed by atoms with van der Waals surface area (Å²) in [7, 11) is 0. The molecule has 2 aromatic carbocycles. The van der Waals surface area contributed by atoms with Crippen molar-refractivity contribution in [3.8, 4) is 22.6 Å². The highest BCUT2D eigenvalue weighted by molar-refractivity contribution is 9.10. The predicted octanol–water partition coefficient (Wildman–Crippen LogP) is 4.29. The van der Waals surface area contributed by atoms with Crippen LogP contribution in [0.15, 0.2) is 59.1 Å². The third-order valence-corrected chi connectivity index (χ3v) is 3.48. The molecule has 0 fully saturated rings. The molecule has 0 amide bonds. The van der Waals surface area contributed by atoms with Crippen LogP contribution in [-0.4, -0.2) is 9.97 Å². The summed E-state index contributed by atoms with van der Waals surface area (Å²) in [6.45, 7) is 0. The van der Waals surface area contributed by atoms with E-state index in [9.17, 15) is 4.39 Å². The van der Waals surface area contributed by atoms with Gasteiger partial charge in [-0.05, 0) is 18.2 Å². The van der Waals surface area contributed by atoms with Crippen LogP contribution in [0.5, 0.6) is 0 Å². The molecule has 0 aliphatic heterocycles. The number of rotatable bonds is 2. The quantitative estimate of drug-likeness (QED) is 0.754. The first-order valence-corrected chi connectivity index (χ1v) is 7.08. The van der Waals surface area contributed by atoms with E-state index in [2.05, 4.69) is 25.9 Å². The van der Waals surface area contributed by atoms with E-state index in [1.54, 1.807) is 18.2 Å². The molecule has 0 saturated heterocycles. The van der Waals surface area contributed by atoms with Gasteiger partial charge in [0.15, 0.2) is 5.82 Å². The van der Waals surface area contributed by atoms with Crippen LogP contribution >= 0.6 is 15.9 Å². The van der Waals surface area contributed by atoms with Gasteiger partial charge in [-0.1, -0.05) is 46.3 Å². The molecule has 0 saturated carbocycles. The molecule has 3 nitrogen and oxygen atoms in total. The smallest absolute Gasteiger partial charge is 0.162 e. The number of hydrogen-bond acceptors (Lipinski definition) is 3. The molecule has 0 aliphatic rings. The van der Waals surface area contributed by atoms with E-state index < -0.39 is 0 Å². The molecule has 2 N–H and O–H groups in total. The zero-order chi connectivity index (χ0) is 14.8. The van der Waals surface area contributed by atoms with Crippen molar-refractivity contribution in [3.05, 3.63) is 64.9 Å². The summed E-state index contributed by atoms with van der Waals surface area (Å²) >= 11 is 3.33. The normalized spacial score (nSPS) is 10.6.